The second-order valence-electron chi connectivity index (χ2n) is 31.8. The molecule has 8 rings (SSSR count). The summed E-state index contributed by atoms with van der Waals surface area (Å²) in [5.74, 6) is 6.60. The SMILES string of the molecule is CC(C)(C)C1CCC1.CC(C)(C)C1CCC1.CC(C)(C)C1CCCC1.CC(C)(C)C1CCCC1.CC(C)(C)C1CCCO1.CC(C)(C)C1CCOC1.CC(C)(C)C1CNC1.CC(C)(C)C1COC1. The molecule has 0 bridgehead atoms. The van der Waals surface area contributed by atoms with E-state index in [9.17, 15) is 0 Å². The molecule has 2 unspecified atom stereocenters. The van der Waals surface area contributed by atoms with Crippen LogP contribution in [0.1, 0.15) is 275 Å². The van der Waals surface area contributed by atoms with E-state index in [1.165, 1.54) is 122 Å². The normalized spacial score (nSPS) is 24.5. The molecule has 4 heterocycles. The van der Waals surface area contributed by atoms with E-state index in [2.05, 4.69) is 171 Å². The van der Waals surface area contributed by atoms with Crippen molar-refractivity contribution in [3.05, 3.63) is 0 Å². The minimum absolute atomic E-state index is 0.358. The van der Waals surface area contributed by atoms with Gasteiger partial charge < -0.3 is 19.5 Å². The van der Waals surface area contributed by atoms with Crippen molar-refractivity contribution >= 4 is 0 Å². The lowest BCUT2D eigenvalue weighted by Gasteiger charge is -2.38. The summed E-state index contributed by atoms with van der Waals surface area (Å²) in [7, 11) is 0. The van der Waals surface area contributed by atoms with Gasteiger partial charge in [0.1, 0.15) is 0 Å². The fourth-order valence-corrected chi connectivity index (χ4v) is 10.2. The van der Waals surface area contributed by atoms with Crippen molar-refractivity contribution in [1.82, 2.24) is 5.32 Å². The van der Waals surface area contributed by atoms with E-state index in [4.69, 9.17) is 14.2 Å². The molecule has 4 nitrogen and oxygen atoms in total. The topological polar surface area (TPSA) is 39.7 Å². The van der Waals surface area contributed by atoms with Crippen LogP contribution in [0.5, 0.6) is 0 Å². The first kappa shape index (κ1) is 65.9. The first-order valence-corrected chi connectivity index (χ1v) is 29.3. The summed E-state index contributed by atoms with van der Waals surface area (Å²) in [4.78, 5) is 0. The Morgan fingerprint density at radius 1 is 0.265 bits per heavy atom. The highest BCUT2D eigenvalue weighted by molar-refractivity contribution is 4.85. The van der Waals surface area contributed by atoms with Crippen LogP contribution >= 0.6 is 0 Å². The molecule has 8 aliphatic rings. The van der Waals surface area contributed by atoms with E-state index in [-0.39, 0.29) is 0 Å². The maximum Gasteiger partial charge on any atom is 0.0624 e. The maximum absolute atomic E-state index is 5.52. The van der Waals surface area contributed by atoms with E-state index in [1.807, 2.05) is 0 Å². The third kappa shape index (κ3) is 27.8. The maximum atomic E-state index is 5.52. The van der Waals surface area contributed by atoms with Gasteiger partial charge in [0.2, 0.25) is 0 Å². The zero-order chi connectivity index (χ0) is 52.4. The van der Waals surface area contributed by atoms with Crippen LogP contribution in [0.2, 0.25) is 0 Å². The Bertz CT molecular complexity index is 1040. The summed E-state index contributed by atoms with van der Waals surface area (Å²) in [5, 5.41) is 3.27. The van der Waals surface area contributed by atoms with Gasteiger partial charge in [-0.1, -0.05) is 205 Å². The molecule has 2 atom stereocenters. The summed E-state index contributed by atoms with van der Waals surface area (Å²) >= 11 is 0. The van der Waals surface area contributed by atoms with Crippen LogP contribution in [0, 0.1) is 84.7 Å². The van der Waals surface area contributed by atoms with Crippen molar-refractivity contribution in [2.45, 2.75) is 281 Å². The molecule has 0 aromatic heterocycles. The van der Waals surface area contributed by atoms with Crippen molar-refractivity contribution in [3.8, 4) is 0 Å². The first-order chi connectivity index (χ1) is 30.8. The standard InChI is InChI=1S/2C9H18.2C8H16O.2C8H16.C7H15N.C7H14O/c2*1-9(2,3)8-6-4-5-7-8;1-8(2,3)7-4-5-9-6-7;1-8(2,3)7-5-4-6-9-7;2*1-8(2,3)7-5-4-6-7;2*1-7(2,3)6-4-8-5-6/h2*8H,4-7H2,1-3H3;2*7H,4-6H2,1-3H3;2*7H,4-6H2,1-3H3;6,8H,4-5H2,1-3H3;6H,4-5H2,1-3H3. The van der Waals surface area contributed by atoms with Gasteiger partial charge in [0.25, 0.3) is 0 Å². The fraction of sp³-hybridized carbons (Fsp3) is 1.00. The largest absolute Gasteiger partial charge is 0.381 e. The molecular weight excluding hydrogens is 831 g/mol. The smallest absolute Gasteiger partial charge is 0.0624 e. The Balaban J connectivity index is 0.000000389. The molecule has 0 radical (unpaired) electrons. The number of hydrogen-bond acceptors (Lipinski definition) is 4. The van der Waals surface area contributed by atoms with Gasteiger partial charge in [0.05, 0.1) is 19.3 Å². The summed E-state index contributed by atoms with van der Waals surface area (Å²) in [6.07, 6.45) is 24.9. The van der Waals surface area contributed by atoms with E-state index in [0.717, 1.165) is 74.5 Å². The van der Waals surface area contributed by atoms with Gasteiger partial charge in [-0.2, -0.15) is 0 Å². The van der Waals surface area contributed by atoms with Crippen LogP contribution in [-0.2, 0) is 14.2 Å². The third-order valence-corrected chi connectivity index (χ3v) is 17.7. The van der Waals surface area contributed by atoms with Crippen molar-refractivity contribution in [1.29, 1.82) is 0 Å². The Labute approximate surface area is 430 Å². The molecule has 4 saturated heterocycles. The predicted molar refractivity (Wildman–Crippen MR) is 303 cm³/mol. The van der Waals surface area contributed by atoms with Crippen LogP contribution in [-0.4, -0.2) is 52.2 Å². The van der Waals surface area contributed by atoms with E-state index < -0.39 is 0 Å². The van der Waals surface area contributed by atoms with Crippen LogP contribution < -0.4 is 5.32 Å². The second-order valence-corrected chi connectivity index (χ2v) is 31.8. The third-order valence-electron chi connectivity index (χ3n) is 17.7. The zero-order valence-corrected chi connectivity index (χ0v) is 51.3. The summed E-state index contributed by atoms with van der Waals surface area (Å²) in [5.41, 5.74) is 4.17. The Kier molecular flexibility index (Phi) is 28.2. The summed E-state index contributed by atoms with van der Waals surface area (Å²) in [6, 6.07) is 0. The summed E-state index contributed by atoms with van der Waals surface area (Å²) in [6.45, 7) is 62.8. The van der Waals surface area contributed by atoms with Crippen LogP contribution in [0.25, 0.3) is 0 Å². The molecule has 0 spiro atoms. The Hall–Kier alpha value is -0.160. The molecule has 4 heteroatoms. The number of nitrogens with one attached hydrogen (secondary N) is 1. The molecule has 0 aromatic rings. The van der Waals surface area contributed by atoms with Crippen LogP contribution in [0.4, 0.5) is 0 Å². The number of rotatable bonds is 0. The molecule has 0 amide bonds. The average molecular weight is 961 g/mol. The van der Waals surface area contributed by atoms with E-state index >= 15 is 0 Å². The van der Waals surface area contributed by atoms with Gasteiger partial charge in [-0.25, -0.2) is 0 Å². The van der Waals surface area contributed by atoms with Gasteiger partial charge in [-0.05, 0) is 163 Å². The molecule has 8 fully saturated rings. The van der Waals surface area contributed by atoms with Gasteiger partial charge in [0.15, 0.2) is 0 Å². The first-order valence-electron chi connectivity index (χ1n) is 29.3. The minimum atomic E-state index is 0.358. The lowest BCUT2D eigenvalue weighted by Crippen LogP contribution is -2.48. The van der Waals surface area contributed by atoms with E-state index in [0.29, 0.717) is 49.4 Å². The minimum Gasteiger partial charge on any atom is -0.381 e. The molecule has 1 N–H and O–H groups in total. The van der Waals surface area contributed by atoms with Crippen molar-refractivity contribution in [2.24, 2.45) is 84.7 Å². The van der Waals surface area contributed by atoms with Crippen molar-refractivity contribution in [2.75, 3.05) is 46.1 Å². The van der Waals surface area contributed by atoms with Gasteiger partial charge in [0, 0.05) is 25.7 Å². The highest BCUT2D eigenvalue weighted by Crippen LogP contribution is 2.43. The van der Waals surface area contributed by atoms with E-state index in [1.54, 1.807) is 0 Å². The van der Waals surface area contributed by atoms with Crippen LogP contribution in [0.3, 0.4) is 0 Å². The lowest BCUT2D eigenvalue weighted by atomic mass is 9.69. The number of ether oxygens (including phenoxy) is 3. The zero-order valence-electron chi connectivity index (χ0n) is 51.3. The molecule has 4 saturated carbocycles. The summed E-state index contributed by atoms with van der Waals surface area (Å²) < 4.78 is 15.9. The molecule has 4 aliphatic heterocycles. The van der Waals surface area contributed by atoms with Gasteiger partial charge >= 0.3 is 0 Å². The average Bonchev–Trinajstić information content (AvgIpc) is 3.89. The quantitative estimate of drug-likeness (QED) is 0.263. The molecule has 68 heavy (non-hydrogen) atoms. The number of hydrogen-bond donors (Lipinski definition) is 1. The lowest BCUT2D eigenvalue weighted by molar-refractivity contribution is -0.0821. The van der Waals surface area contributed by atoms with Crippen LogP contribution in [0.15, 0.2) is 0 Å². The Morgan fingerprint density at radius 2 is 0.574 bits per heavy atom. The monoisotopic (exact) mass is 960 g/mol. The molecule has 408 valence electrons. The highest BCUT2D eigenvalue weighted by atomic mass is 16.5. The highest BCUT2D eigenvalue weighted by Gasteiger charge is 2.33. The van der Waals surface area contributed by atoms with Gasteiger partial charge in [-0.15, -0.1) is 0 Å². The molecule has 4 aliphatic carbocycles. The second kappa shape index (κ2) is 29.1. The molecular formula is C64H129NO3. The predicted octanol–water partition coefficient (Wildman–Crippen LogP) is 19.3. The van der Waals surface area contributed by atoms with Crippen molar-refractivity contribution in [3.63, 3.8) is 0 Å². The Morgan fingerprint density at radius 3 is 0.662 bits per heavy atom. The fourth-order valence-electron chi connectivity index (χ4n) is 10.2. The molecule has 0 aromatic carbocycles. The van der Waals surface area contributed by atoms with Gasteiger partial charge in [-0.3, -0.25) is 0 Å². The van der Waals surface area contributed by atoms with Crippen molar-refractivity contribution < 1.29 is 14.2 Å².